The molecule has 138 valence electrons. The zero-order valence-corrected chi connectivity index (χ0v) is 15.2. The normalized spacial score (nSPS) is 27.0. The average Bonchev–Trinajstić information content (AvgIpc) is 3.16. The Bertz CT molecular complexity index is 911. The highest BCUT2D eigenvalue weighted by molar-refractivity contribution is 5.96. The number of aromatic nitrogens is 1. The number of carbonyl (C=O) groups is 1. The molecule has 3 aromatic rings. The molecule has 5 heteroatoms. The molecule has 1 unspecified atom stereocenters. The minimum Gasteiger partial charge on any atom is -0.451 e. The molecule has 1 N–H and O–H groups in total. The van der Waals surface area contributed by atoms with Crippen LogP contribution in [0.5, 0.6) is 0 Å². The molecule has 0 aliphatic carbocycles. The van der Waals surface area contributed by atoms with E-state index in [-0.39, 0.29) is 11.9 Å². The summed E-state index contributed by atoms with van der Waals surface area (Å²) in [7, 11) is 0. The van der Waals surface area contributed by atoms with Gasteiger partial charge in [-0.1, -0.05) is 24.3 Å². The third-order valence-corrected chi connectivity index (χ3v) is 6.08. The van der Waals surface area contributed by atoms with E-state index in [0.29, 0.717) is 17.7 Å². The molecule has 5 nitrogen and oxygen atoms in total. The molecule has 2 atom stereocenters. The lowest BCUT2D eigenvalue weighted by atomic mass is 9.76. The number of nitrogens with one attached hydrogen (secondary N) is 1. The van der Waals surface area contributed by atoms with Crippen molar-refractivity contribution in [2.75, 3.05) is 13.1 Å². The summed E-state index contributed by atoms with van der Waals surface area (Å²) in [6.45, 7) is 2.24. The number of hydrogen-bond donors (Lipinski definition) is 1. The van der Waals surface area contributed by atoms with Gasteiger partial charge in [-0.3, -0.25) is 14.7 Å². The highest BCUT2D eigenvalue weighted by Gasteiger charge is 2.43. The molecule has 1 aromatic carbocycles. The molecule has 3 aliphatic heterocycles. The number of furan rings is 1. The van der Waals surface area contributed by atoms with Crippen molar-refractivity contribution >= 4 is 16.9 Å². The monoisotopic (exact) mass is 361 g/mol. The number of amides is 1. The third kappa shape index (κ3) is 3.12. The molecule has 2 bridgehead atoms. The van der Waals surface area contributed by atoms with Gasteiger partial charge in [0.05, 0.1) is 0 Å². The minimum atomic E-state index is -0.110. The van der Waals surface area contributed by atoms with Crippen LogP contribution in [-0.2, 0) is 6.42 Å². The van der Waals surface area contributed by atoms with Gasteiger partial charge in [0.25, 0.3) is 5.91 Å². The van der Waals surface area contributed by atoms with E-state index >= 15 is 0 Å². The van der Waals surface area contributed by atoms with Crippen LogP contribution in [0.2, 0.25) is 0 Å². The highest BCUT2D eigenvalue weighted by atomic mass is 16.3. The average molecular weight is 361 g/mol. The first-order valence-corrected chi connectivity index (χ1v) is 9.70. The first kappa shape index (κ1) is 16.5. The summed E-state index contributed by atoms with van der Waals surface area (Å²) in [5, 5.41) is 4.26. The first-order chi connectivity index (χ1) is 13.3. The fourth-order valence-electron chi connectivity index (χ4n) is 4.70. The molecule has 0 spiro atoms. The van der Waals surface area contributed by atoms with E-state index in [1.54, 1.807) is 6.20 Å². The van der Waals surface area contributed by atoms with Crippen LogP contribution in [-0.4, -0.2) is 41.0 Å². The second-order valence-corrected chi connectivity index (χ2v) is 7.65. The number of nitrogens with zero attached hydrogens (tertiary/aromatic N) is 2. The summed E-state index contributed by atoms with van der Waals surface area (Å²) in [6.07, 6.45) is 6.94. The van der Waals surface area contributed by atoms with Crippen molar-refractivity contribution in [1.29, 1.82) is 0 Å². The lowest BCUT2D eigenvalue weighted by Crippen LogP contribution is -2.64. The molecule has 3 saturated heterocycles. The standard InChI is InChI=1S/C22H23N3O2/c26-22(20-13-17-5-1-2-6-19(17)27-20)24-21-16-7-10-25(11-8-16)18(21)12-15-4-3-9-23-14-15/h1-6,9,13-14,16,18,21H,7-8,10-12H2,(H,24,26)/t18?,21-/m1/s1. The fraction of sp³-hybridized carbons (Fsp3) is 0.364. The lowest BCUT2D eigenvalue weighted by Gasteiger charge is -2.51. The summed E-state index contributed by atoms with van der Waals surface area (Å²) >= 11 is 0. The molecular formula is C22H23N3O2. The van der Waals surface area contributed by atoms with Gasteiger partial charge in [0, 0.05) is 29.9 Å². The Kier molecular flexibility index (Phi) is 4.17. The van der Waals surface area contributed by atoms with E-state index in [1.165, 1.54) is 5.56 Å². The van der Waals surface area contributed by atoms with Gasteiger partial charge in [-0.25, -0.2) is 0 Å². The smallest absolute Gasteiger partial charge is 0.287 e. The molecule has 0 radical (unpaired) electrons. The number of fused-ring (bicyclic) bond motifs is 4. The number of para-hydroxylation sites is 1. The SMILES string of the molecule is O=C(N[C@@H]1C2CCN(CC2)C1Cc1cccnc1)c1cc2ccccc2o1. The molecule has 3 fully saturated rings. The van der Waals surface area contributed by atoms with Gasteiger partial charge in [-0.2, -0.15) is 0 Å². The topological polar surface area (TPSA) is 58.4 Å². The highest BCUT2D eigenvalue weighted by Crippen LogP contribution is 2.34. The number of pyridine rings is 1. The summed E-state index contributed by atoms with van der Waals surface area (Å²) in [5.41, 5.74) is 1.97. The molecule has 27 heavy (non-hydrogen) atoms. The summed E-state index contributed by atoms with van der Waals surface area (Å²) in [6, 6.07) is 14.1. The van der Waals surface area contributed by atoms with Gasteiger partial charge >= 0.3 is 0 Å². The fourth-order valence-corrected chi connectivity index (χ4v) is 4.70. The van der Waals surface area contributed by atoms with Crippen LogP contribution in [0.1, 0.15) is 29.0 Å². The van der Waals surface area contributed by atoms with E-state index in [2.05, 4.69) is 21.3 Å². The minimum absolute atomic E-state index is 0.110. The Hall–Kier alpha value is -2.66. The van der Waals surface area contributed by atoms with Gasteiger partial charge in [0.15, 0.2) is 5.76 Å². The third-order valence-electron chi connectivity index (χ3n) is 6.08. The van der Waals surface area contributed by atoms with E-state index in [4.69, 9.17) is 4.42 Å². The Balaban J connectivity index is 1.38. The molecule has 5 heterocycles. The predicted octanol–water partition coefficient (Wildman–Crippen LogP) is 3.26. The Morgan fingerprint density at radius 3 is 2.81 bits per heavy atom. The maximum atomic E-state index is 12.9. The van der Waals surface area contributed by atoms with Gasteiger partial charge in [0.1, 0.15) is 5.58 Å². The number of hydrogen-bond acceptors (Lipinski definition) is 4. The Morgan fingerprint density at radius 1 is 1.19 bits per heavy atom. The molecular weight excluding hydrogens is 338 g/mol. The van der Waals surface area contributed by atoms with E-state index < -0.39 is 0 Å². The van der Waals surface area contributed by atoms with Crippen LogP contribution in [0.3, 0.4) is 0 Å². The first-order valence-electron chi connectivity index (χ1n) is 9.70. The van der Waals surface area contributed by atoms with E-state index in [9.17, 15) is 4.79 Å². The van der Waals surface area contributed by atoms with Crippen molar-refractivity contribution in [3.8, 4) is 0 Å². The van der Waals surface area contributed by atoms with Crippen LogP contribution in [0, 0.1) is 5.92 Å². The Labute approximate surface area is 158 Å². The van der Waals surface area contributed by atoms with E-state index in [0.717, 1.165) is 43.3 Å². The van der Waals surface area contributed by atoms with Crippen LogP contribution >= 0.6 is 0 Å². The van der Waals surface area contributed by atoms with E-state index in [1.807, 2.05) is 42.6 Å². The van der Waals surface area contributed by atoms with Crippen LogP contribution < -0.4 is 5.32 Å². The van der Waals surface area contributed by atoms with Crippen molar-refractivity contribution in [3.05, 3.63) is 66.2 Å². The van der Waals surface area contributed by atoms with Crippen LogP contribution in [0.15, 0.2) is 59.3 Å². The number of benzene rings is 1. The molecule has 6 rings (SSSR count). The van der Waals surface area contributed by atoms with Crippen molar-refractivity contribution in [2.24, 2.45) is 5.92 Å². The van der Waals surface area contributed by atoms with Crippen LogP contribution in [0.4, 0.5) is 0 Å². The second-order valence-electron chi connectivity index (χ2n) is 7.65. The number of rotatable bonds is 4. The second kappa shape index (κ2) is 6.82. The Morgan fingerprint density at radius 2 is 2.04 bits per heavy atom. The number of carbonyl (C=O) groups excluding carboxylic acids is 1. The van der Waals surface area contributed by atoms with Gasteiger partial charge < -0.3 is 9.73 Å². The largest absolute Gasteiger partial charge is 0.451 e. The molecule has 2 aromatic heterocycles. The molecule has 1 amide bonds. The summed E-state index contributed by atoms with van der Waals surface area (Å²) in [4.78, 5) is 19.7. The van der Waals surface area contributed by atoms with Gasteiger partial charge in [0.2, 0.25) is 0 Å². The van der Waals surface area contributed by atoms with Crippen molar-refractivity contribution < 1.29 is 9.21 Å². The maximum absolute atomic E-state index is 12.9. The van der Waals surface area contributed by atoms with Crippen molar-refractivity contribution in [2.45, 2.75) is 31.3 Å². The molecule has 3 aliphatic rings. The summed E-state index contributed by atoms with van der Waals surface area (Å²) < 4.78 is 5.77. The predicted molar refractivity (Wildman–Crippen MR) is 103 cm³/mol. The van der Waals surface area contributed by atoms with Crippen LogP contribution in [0.25, 0.3) is 11.0 Å². The zero-order chi connectivity index (χ0) is 18.2. The summed E-state index contributed by atoms with van der Waals surface area (Å²) in [5.74, 6) is 0.818. The van der Waals surface area contributed by atoms with Gasteiger partial charge in [-0.15, -0.1) is 0 Å². The zero-order valence-electron chi connectivity index (χ0n) is 15.2. The molecule has 0 saturated carbocycles. The van der Waals surface area contributed by atoms with Gasteiger partial charge in [-0.05, 0) is 62.0 Å². The van der Waals surface area contributed by atoms with Crippen molar-refractivity contribution in [3.63, 3.8) is 0 Å². The lowest BCUT2D eigenvalue weighted by molar-refractivity contribution is 0.0131. The van der Waals surface area contributed by atoms with Crippen molar-refractivity contribution in [1.82, 2.24) is 15.2 Å². The number of piperidine rings is 3. The quantitative estimate of drug-likeness (QED) is 0.775. The maximum Gasteiger partial charge on any atom is 0.287 e.